The molecule has 1 aromatic heterocycles. The summed E-state index contributed by atoms with van der Waals surface area (Å²) in [6, 6.07) is 5.57. The van der Waals surface area contributed by atoms with Crippen LogP contribution in [-0.4, -0.2) is 27.3 Å². The van der Waals surface area contributed by atoms with E-state index in [1.165, 1.54) is 0 Å². The number of aromatic nitrogens is 2. The van der Waals surface area contributed by atoms with Gasteiger partial charge in [-0.3, -0.25) is 0 Å². The molecule has 0 unspecified atom stereocenters. The molecule has 5 nitrogen and oxygen atoms in total. The Morgan fingerprint density at radius 2 is 2.11 bits per heavy atom. The zero-order valence-corrected chi connectivity index (χ0v) is 9.97. The Bertz CT molecular complexity index is 635. The lowest BCUT2D eigenvalue weighted by atomic mass is 10.1. The highest BCUT2D eigenvalue weighted by atomic mass is 16.4. The lowest BCUT2D eigenvalue weighted by Gasteiger charge is -2.09. The van der Waals surface area contributed by atoms with Gasteiger partial charge in [0.05, 0.1) is 16.9 Å². The van der Waals surface area contributed by atoms with Gasteiger partial charge in [-0.05, 0) is 38.0 Å². The highest BCUT2D eigenvalue weighted by Gasteiger charge is 2.22. The molecule has 1 aliphatic rings. The van der Waals surface area contributed by atoms with Crippen molar-refractivity contribution in [3.63, 3.8) is 0 Å². The minimum absolute atomic E-state index is 0.276. The van der Waals surface area contributed by atoms with Gasteiger partial charge in [-0.1, -0.05) is 0 Å². The Kier molecular flexibility index (Phi) is 2.40. The molecule has 3 rings (SSSR count). The van der Waals surface area contributed by atoms with E-state index in [9.17, 15) is 4.79 Å². The Labute approximate surface area is 104 Å². The predicted octanol–water partition coefficient (Wildman–Crippen LogP) is 2.21. The lowest BCUT2D eigenvalue weighted by molar-refractivity contribution is 0.0697. The van der Waals surface area contributed by atoms with Crippen LogP contribution in [0.5, 0.6) is 0 Å². The van der Waals surface area contributed by atoms with E-state index in [1.54, 1.807) is 12.1 Å². The van der Waals surface area contributed by atoms with Crippen molar-refractivity contribution in [2.45, 2.75) is 25.8 Å². The summed E-state index contributed by atoms with van der Waals surface area (Å²) in [5.41, 5.74) is 2.55. The number of nitrogens with one attached hydrogen (secondary N) is 1. The van der Waals surface area contributed by atoms with Crippen molar-refractivity contribution in [3.8, 4) is 0 Å². The van der Waals surface area contributed by atoms with E-state index >= 15 is 0 Å². The summed E-state index contributed by atoms with van der Waals surface area (Å²) in [6.45, 7) is 1.84. The maximum Gasteiger partial charge on any atom is 0.335 e. The standard InChI is InChI=1S/C13H13N3O2/c1-7-4-8-5-9(13(17)18)6-11(12(8)16-15-7)14-10-2-3-10/h4-6,10,14H,2-3H2,1H3,(H,17,18). The average Bonchev–Trinajstić information content (AvgIpc) is 3.12. The van der Waals surface area contributed by atoms with E-state index in [1.807, 2.05) is 13.0 Å². The number of hydrogen-bond acceptors (Lipinski definition) is 4. The fourth-order valence-electron chi connectivity index (χ4n) is 1.94. The van der Waals surface area contributed by atoms with Crippen molar-refractivity contribution in [2.75, 3.05) is 5.32 Å². The van der Waals surface area contributed by atoms with Crippen molar-refractivity contribution in [1.82, 2.24) is 10.2 Å². The molecule has 0 aliphatic heterocycles. The Balaban J connectivity index is 2.19. The summed E-state index contributed by atoms with van der Waals surface area (Å²) in [5.74, 6) is -0.926. The first-order valence-electron chi connectivity index (χ1n) is 5.91. The molecule has 0 saturated heterocycles. The first-order valence-corrected chi connectivity index (χ1v) is 5.91. The molecule has 0 amide bonds. The van der Waals surface area contributed by atoms with Gasteiger partial charge in [0.1, 0.15) is 5.52 Å². The number of carboxylic acids is 1. The summed E-state index contributed by atoms with van der Waals surface area (Å²) in [6.07, 6.45) is 2.25. The van der Waals surface area contributed by atoms with Gasteiger partial charge in [0.2, 0.25) is 0 Å². The minimum atomic E-state index is -0.926. The molecule has 0 bridgehead atoms. The molecule has 0 atom stereocenters. The van der Waals surface area contributed by atoms with Crippen molar-refractivity contribution in [2.24, 2.45) is 0 Å². The summed E-state index contributed by atoms with van der Waals surface area (Å²) < 4.78 is 0. The lowest BCUT2D eigenvalue weighted by Crippen LogP contribution is -2.06. The molecule has 2 N–H and O–H groups in total. The quantitative estimate of drug-likeness (QED) is 0.864. The Morgan fingerprint density at radius 1 is 1.33 bits per heavy atom. The third-order valence-corrected chi connectivity index (χ3v) is 3.00. The molecular formula is C13H13N3O2. The first-order chi connectivity index (χ1) is 8.63. The summed E-state index contributed by atoms with van der Waals surface area (Å²) in [4.78, 5) is 11.1. The molecule has 0 radical (unpaired) electrons. The number of rotatable bonds is 3. The van der Waals surface area contributed by atoms with Crippen LogP contribution in [-0.2, 0) is 0 Å². The fraction of sp³-hybridized carbons (Fsp3) is 0.308. The van der Waals surface area contributed by atoms with Crippen molar-refractivity contribution >= 4 is 22.6 Å². The Hall–Kier alpha value is -2.17. The molecule has 92 valence electrons. The van der Waals surface area contributed by atoms with Gasteiger partial charge < -0.3 is 10.4 Å². The van der Waals surface area contributed by atoms with E-state index in [2.05, 4.69) is 15.5 Å². The summed E-state index contributed by atoms with van der Waals surface area (Å²) in [5, 5.41) is 21.4. The number of aromatic carboxylic acids is 1. The van der Waals surface area contributed by atoms with Crippen LogP contribution in [0.2, 0.25) is 0 Å². The largest absolute Gasteiger partial charge is 0.478 e. The minimum Gasteiger partial charge on any atom is -0.478 e. The van der Waals surface area contributed by atoms with E-state index in [0.29, 0.717) is 6.04 Å². The highest BCUT2D eigenvalue weighted by molar-refractivity contribution is 5.99. The van der Waals surface area contributed by atoms with E-state index in [4.69, 9.17) is 5.11 Å². The number of carboxylic acid groups (broad SMARTS) is 1. The van der Waals surface area contributed by atoms with Crippen LogP contribution in [0, 0.1) is 6.92 Å². The second-order valence-electron chi connectivity index (χ2n) is 4.67. The van der Waals surface area contributed by atoms with Gasteiger partial charge >= 0.3 is 5.97 Å². The van der Waals surface area contributed by atoms with Gasteiger partial charge in [-0.25, -0.2) is 4.79 Å². The van der Waals surface area contributed by atoms with Crippen molar-refractivity contribution in [3.05, 3.63) is 29.5 Å². The molecule has 5 heteroatoms. The van der Waals surface area contributed by atoms with E-state index in [0.717, 1.165) is 35.1 Å². The summed E-state index contributed by atoms with van der Waals surface area (Å²) >= 11 is 0. The zero-order chi connectivity index (χ0) is 12.7. The molecule has 1 fully saturated rings. The second-order valence-corrected chi connectivity index (χ2v) is 4.67. The molecule has 1 saturated carbocycles. The number of benzene rings is 1. The molecule has 1 aliphatic carbocycles. The number of fused-ring (bicyclic) bond motifs is 1. The average molecular weight is 243 g/mol. The highest BCUT2D eigenvalue weighted by Crippen LogP contribution is 2.30. The van der Waals surface area contributed by atoms with Crippen molar-refractivity contribution < 1.29 is 9.90 Å². The third-order valence-electron chi connectivity index (χ3n) is 3.00. The number of nitrogens with zero attached hydrogens (tertiary/aromatic N) is 2. The number of anilines is 1. The number of carbonyl (C=O) groups is 1. The molecule has 0 spiro atoms. The van der Waals surface area contributed by atoms with Crippen LogP contribution in [0.4, 0.5) is 5.69 Å². The maximum absolute atomic E-state index is 11.1. The van der Waals surface area contributed by atoms with Gasteiger partial charge in [0, 0.05) is 11.4 Å². The molecular weight excluding hydrogens is 230 g/mol. The van der Waals surface area contributed by atoms with Crippen LogP contribution in [0.1, 0.15) is 28.9 Å². The van der Waals surface area contributed by atoms with Crippen LogP contribution < -0.4 is 5.32 Å². The topological polar surface area (TPSA) is 75.1 Å². The zero-order valence-electron chi connectivity index (χ0n) is 9.97. The Morgan fingerprint density at radius 3 is 2.78 bits per heavy atom. The second kappa shape index (κ2) is 3.94. The van der Waals surface area contributed by atoms with Crippen molar-refractivity contribution in [1.29, 1.82) is 0 Å². The van der Waals surface area contributed by atoms with Gasteiger partial charge in [-0.2, -0.15) is 5.10 Å². The van der Waals surface area contributed by atoms with Gasteiger partial charge in [0.15, 0.2) is 0 Å². The molecule has 1 aromatic carbocycles. The van der Waals surface area contributed by atoms with E-state index in [-0.39, 0.29) is 5.56 Å². The van der Waals surface area contributed by atoms with E-state index < -0.39 is 5.97 Å². The van der Waals surface area contributed by atoms with Crippen LogP contribution in [0.25, 0.3) is 10.9 Å². The summed E-state index contributed by atoms with van der Waals surface area (Å²) in [7, 11) is 0. The third kappa shape index (κ3) is 1.99. The first kappa shape index (κ1) is 11.0. The van der Waals surface area contributed by atoms with Crippen LogP contribution in [0.3, 0.4) is 0 Å². The van der Waals surface area contributed by atoms with Crippen LogP contribution in [0.15, 0.2) is 18.2 Å². The fourth-order valence-corrected chi connectivity index (χ4v) is 1.94. The smallest absolute Gasteiger partial charge is 0.335 e. The SMILES string of the molecule is Cc1cc2cc(C(=O)O)cc(NC3CC3)c2nn1. The monoisotopic (exact) mass is 243 g/mol. The molecule has 2 aromatic rings. The maximum atomic E-state index is 11.1. The van der Waals surface area contributed by atoms with Gasteiger partial charge in [0.25, 0.3) is 0 Å². The number of hydrogen-bond donors (Lipinski definition) is 2. The van der Waals surface area contributed by atoms with Crippen LogP contribution >= 0.6 is 0 Å². The van der Waals surface area contributed by atoms with Gasteiger partial charge in [-0.15, -0.1) is 5.10 Å². The number of aryl methyl sites for hydroxylation is 1. The molecule has 18 heavy (non-hydrogen) atoms. The predicted molar refractivity (Wildman–Crippen MR) is 67.9 cm³/mol. The molecule has 1 heterocycles. The normalized spacial score (nSPS) is 14.7.